The number of nitrogens with two attached hydrogens (primary N) is 1. The van der Waals surface area contributed by atoms with E-state index in [1.807, 2.05) is 24.3 Å². The van der Waals surface area contributed by atoms with Crippen LogP contribution in [-0.2, 0) is 30.2 Å². The summed E-state index contributed by atoms with van der Waals surface area (Å²) in [6.07, 6.45) is 3.11. The molecule has 0 saturated carbocycles. The Kier molecular flexibility index (Phi) is 9.56. The number of hydrogen-bond acceptors (Lipinski definition) is 9. The predicted octanol–water partition coefficient (Wildman–Crippen LogP) is 2.00. The second-order valence-corrected chi connectivity index (χ2v) is 10.5. The molecule has 0 amide bonds. The molecular formula is C24H32N7O6P. The number of benzene rings is 1. The number of carbonyl (C=O) groups excluding carboxylic acids is 2. The van der Waals surface area contributed by atoms with Crippen LogP contribution in [0.2, 0.25) is 0 Å². The topological polar surface area (TPSA) is 183 Å². The van der Waals surface area contributed by atoms with Crippen LogP contribution in [-0.4, -0.2) is 56.8 Å². The van der Waals surface area contributed by atoms with Gasteiger partial charge in [-0.05, 0) is 44.9 Å². The summed E-state index contributed by atoms with van der Waals surface area (Å²) >= 11 is 0. The van der Waals surface area contributed by atoms with Crippen LogP contribution in [0.4, 0.5) is 5.95 Å². The summed E-state index contributed by atoms with van der Waals surface area (Å²) in [6, 6.07) is 5.47. The molecule has 0 radical (unpaired) electrons. The van der Waals surface area contributed by atoms with Gasteiger partial charge in [0.15, 0.2) is 11.2 Å². The van der Waals surface area contributed by atoms with Gasteiger partial charge < -0.3 is 19.8 Å². The molecule has 1 unspecified atom stereocenters. The zero-order valence-corrected chi connectivity index (χ0v) is 22.5. The Morgan fingerprint density at radius 2 is 1.74 bits per heavy atom. The van der Waals surface area contributed by atoms with Crippen molar-refractivity contribution in [3.05, 3.63) is 57.9 Å². The summed E-state index contributed by atoms with van der Waals surface area (Å²) in [5.41, 5.74) is 7.24. The Labute approximate surface area is 219 Å². The Morgan fingerprint density at radius 1 is 1.13 bits per heavy atom. The average Bonchev–Trinajstić information content (AvgIpc) is 3.26. The number of esters is 2. The molecule has 0 spiro atoms. The Morgan fingerprint density at radius 3 is 2.34 bits per heavy atom. The molecule has 3 atom stereocenters. The monoisotopic (exact) mass is 545 g/mol. The first-order chi connectivity index (χ1) is 18.1. The lowest BCUT2D eigenvalue weighted by Crippen LogP contribution is -2.41. The molecule has 5 N–H and O–H groups in total. The number of imidazole rings is 1. The summed E-state index contributed by atoms with van der Waals surface area (Å²) < 4.78 is 25.6. The van der Waals surface area contributed by atoms with Gasteiger partial charge in [0.05, 0.1) is 26.1 Å². The van der Waals surface area contributed by atoms with E-state index in [1.165, 1.54) is 26.0 Å². The van der Waals surface area contributed by atoms with Gasteiger partial charge in [-0.1, -0.05) is 24.3 Å². The third-order valence-electron chi connectivity index (χ3n) is 5.40. The number of anilines is 1. The summed E-state index contributed by atoms with van der Waals surface area (Å²) in [7, 11) is -3.67. The molecule has 0 bridgehead atoms. The Balaban J connectivity index is 1.93. The maximum absolute atomic E-state index is 13.9. The van der Waals surface area contributed by atoms with E-state index in [1.54, 1.807) is 24.5 Å². The normalized spacial score (nSPS) is 14.7. The number of hydrogen-bond donors (Lipinski definition) is 4. The molecule has 14 heteroatoms. The van der Waals surface area contributed by atoms with Gasteiger partial charge in [-0.25, -0.2) is 15.2 Å². The van der Waals surface area contributed by atoms with Crippen molar-refractivity contribution in [3.8, 4) is 0 Å². The van der Waals surface area contributed by atoms with Gasteiger partial charge in [0.25, 0.3) is 5.56 Å². The minimum Gasteiger partial charge on any atom is -0.465 e. The molecule has 0 aliphatic heterocycles. The van der Waals surface area contributed by atoms with E-state index in [4.69, 9.17) is 15.2 Å². The molecule has 0 aliphatic rings. The van der Waals surface area contributed by atoms with E-state index in [9.17, 15) is 18.9 Å². The summed E-state index contributed by atoms with van der Waals surface area (Å²) in [5.74, 6) is 0.202. The van der Waals surface area contributed by atoms with Crippen molar-refractivity contribution < 1.29 is 23.6 Å². The first-order valence-electron chi connectivity index (χ1n) is 12.0. The third-order valence-corrected chi connectivity index (χ3v) is 7.51. The fraction of sp³-hybridized carbons (Fsp3) is 0.375. The van der Waals surface area contributed by atoms with Crippen LogP contribution in [0.5, 0.6) is 0 Å². The number of nitrogen functional groups attached to an aromatic ring is 1. The number of nitrogens with zero attached hydrogens (tertiary/aromatic N) is 3. The minimum atomic E-state index is -3.67. The Bertz CT molecular complexity index is 1400. The highest BCUT2D eigenvalue weighted by Gasteiger charge is 2.29. The highest BCUT2D eigenvalue weighted by molar-refractivity contribution is 7.63. The summed E-state index contributed by atoms with van der Waals surface area (Å²) in [4.78, 5) is 47.3. The van der Waals surface area contributed by atoms with Gasteiger partial charge in [0.1, 0.15) is 12.1 Å². The van der Waals surface area contributed by atoms with Gasteiger partial charge >= 0.3 is 11.9 Å². The number of aromatic nitrogens is 4. The molecule has 0 aliphatic carbocycles. The highest BCUT2D eigenvalue weighted by Crippen LogP contribution is 2.40. The molecule has 2 aromatic heterocycles. The summed E-state index contributed by atoms with van der Waals surface area (Å²) in [6.45, 7) is 7.01. The van der Waals surface area contributed by atoms with E-state index in [0.29, 0.717) is 11.2 Å². The van der Waals surface area contributed by atoms with E-state index >= 15 is 0 Å². The Hall–Kier alpha value is -3.80. The lowest BCUT2D eigenvalue weighted by Gasteiger charge is -2.24. The second-order valence-electron chi connectivity index (χ2n) is 8.37. The smallest absolute Gasteiger partial charge is 0.323 e. The molecule has 38 heavy (non-hydrogen) atoms. The average molecular weight is 546 g/mol. The van der Waals surface area contributed by atoms with Crippen LogP contribution in [0.3, 0.4) is 0 Å². The van der Waals surface area contributed by atoms with Crippen molar-refractivity contribution >= 4 is 42.6 Å². The van der Waals surface area contributed by atoms with E-state index in [-0.39, 0.29) is 31.2 Å². The van der Waals surface area contributed by atoms with Crippen molar-refractivity contribution in [3.63, 3.8) is 0 Å². The highest BCUT2D eigenvalue weighted by atomic mass is 31.2. The maximum atomic E-state index is 13.9. The number of ether oxygens (including phenoxy) is 2. The predicted molar refractivity (Wildman–Crippen MR) is 143 cm³/mol. The van der Waals surface area contributed by atoms with Crippen LogP contribution in [0.1, 0.15) is 38.8 Å². The summed E-state index contributed by atoms with van der Waals surface area (Å²) in [5, 5.41) is 5.55. The molecule has 1 aromatic carbocycles. The first-order valence-corrected chi connectivity index (χ1v) is 13.8. The fourth-order valence-electron chi connectivity index (χ4n) is 3.63. The van der Waals surface area contributed by atoms with Gasteiger partial charge in [0.2, 0.25) is 13.4 Å². The van der Waals surface area contributed by atoms with Crippen LogP contribution in [0, 0.1) is 0 Å². The standard InChI is InChI=1S/C24H32N7O6P/c1-5-36-22(33)15(3)29-38(35,30-16(4)23(34)37-6-2)12-11-17-9-7-8-10-18(17)13-31-14-26-19-20(31)27-24(25)28-21(19)32/h7-12,14-16H,5-6,13H2,1-4H3,(H2,29,30,35)(H3,25,27,28,32)/t15-,16+,38?. The zero-order valence-electron chi connectivity index (χ0n) is 21.6. The van der Waals surface area contributed by atoms with E-state index < -0.39 is 37.0 Å². The number of H-pyrrole nitrogens is 1. The van der Waals surface area contributed by atoms with Crippen molar-refractivity contribution in [1.82, 2.24) is 29.7 Å². The zero-order chi connectivity index (χ0) is 27.9. The van der Waals surface area contributed by atoms with E-state index in [2.05, 4.69) is 25.1 Å². The number of fused-ring (bicyclic) bond motifs is 1. The lowest BCUT2D eigenvalue weighted by atomic mass is 10.1. The number of carbonyl (C=O) groups is 2. The van der Waals surface area contributed by atoms with Gasteiger partial charge in [-0.2, -0.15) is 4.98 Å². The van der Waals surface area contributed by atoms with Crippen molar-refractivity contribution in [1.29, 1.82) is 0 Å². The van der Waals surface area contributed by atoms with Crippen LogP contribution >= 0.6 is 7.44 Å². The first kappa shape index (κ1) is 28.8. The molecule has 0 fully saturated rings. The quantitative estimate of drug-likeness (QED) is 0.193. The van der Waals surface area contributed by atoms with Gasteiger partial charge in [0, 0.05) is 5.82 Å². The number of rotatable bonds is 12. The van der Waals surface area contributed by atoms with Gasteiger partial charge in [-0.15, -0.1) is 0 Å². The fourth-order valence-corrected chi connectivity index (χ4v) is 5.61. The molecule has 3 rings (SSSR count). The number of aromatic amines is 1. The van der Waals surface area contributed by atoms with Crippen LogP contribution in [0.25, 0.3) is 17.2 Å². The van der Waals surface area contributed by atoms with Crippen molar-refractivity contribution in [2.75, 3.05) is 18.9 Å². The molecular weight excluding hydrogens is 513 g/mol. The van der Waals surface area contributed by atoms with Gasteiger partial charge in [-0.3, -0.25) is 23.9 Å². The van der Waals surface area contributed by atoms with Crippen LogP contribution in [0.15, 0.2) is 41.2 Å². The van der Waals surface area contributed by atoms with Crippen molar-refractivity contribution in [2.24, 2.45) is 0 Å². The number of nitrogens with one attached hydrogen (secondary N) is 3. The second kappa shape index (κ2) is 12.6. The molecule has 204 valence electrons. The minimum absolute atomic E-state index is 0.0260. The largest absolute Gasteiger partial charge is 0.465 e. The maximum Gasteiger partial charge on any atom is 0.323 e. The lowest BCUT2D eigenvalue weighted by molar-refractivity contribution is -0.145. The third kappa shape index (κ3) is 7.15. The molecule has 3 aromatic rings. The van der Waals surface area contributed by atoms with Crippen molar-refractivity contribution in [2.45, 2.75) is 46.3 Å². The molecule has 2 heterocycles. The SMILES string of the molecule is CCOC(=O)[C@H](C)NP(=O)(C=Cc1ccccc1Cn1cnc2c(=O)[nH]c(N)nc21)N[C@H](C)C(=O)OCC. The van der Waals surface area contributed by atoms with Crippen LogP contribution < -0.4 is 21.5 Å². The molecule has 13 nitrogen and oxygen atoms in total. The molecule has 0 saturated heterocycles. The van der Waals surface area contributed by atoms with E-state index in [0.717, 1.165) is 5.56 Å².